The average Bonchev–Trinajstić information content (AvgIpc) is 2.24. The molecule has 1 rings (SSSR count). The molecule has 94 valence electrons. The van der Waals surface area contributed by atoms with Crippen LogP contribution in [-0.2, 0) is 9.53 Å². The number of carbonyl (C=O) groups excluding carboxylic acids is 1. The van der Waals surface area contributed by atoms with Crippen molar-refractivity contribution in [1.82, 2.24) is 10.6 Å². The van der Waals surface area contributed by atoms with Crippen LogP contribution in [0, 0.1) is 0 Å². The summed E-state index contributed by atoms with van der Waals surface area (Å²) < 4.78 is 40.4. The molecule has 0 atom stereocenters. The largest absolute Gasteiger partial charge is 0.405 e. The fourth-order valence-corrected chi connectivity index (χ4v) is 1.40. The van der Waals surface area contributed by atoms with E-state index in [2.05, 4.69) is 5.32 Å². The third-order valence-electron chi connectivity index (χ3n) is 2.26. The maximum absolute atomic E-state index is 11.8. The van der Waals surface area contributed by atoms with Crippen LogP contribution in [-0.4, -0.2) is 44.4 Å². The Morgan fingerprint density at radius 3 is 2.50 bits per heavy atom. The van der Waals surface area contributed by atoms with Crippen molar-refractivity contribution >= 4 is 5.91 Å². The van der Waals surface area contributed by atoms with Crippen LogP contribution in [0.1, 0.15) is 12.8 Å². The van der Waals surface area contributed by atoms with Crippen LogP contribution in [0.15, 0.2) is 0 Å². The molecule has 1 saturated heterocycles. The predicted molar refractivity (Wildman–Crippen MR) is 50.9 cm³/mol. The maximum Gasteiger partial charge on any atom is 0.405 e. The first kappa shape index (κ1) is 13.2. The zero-order valence-corrected chi connectivity index (χ0v) is 8.77. The Kier molecular flexibility index (Phi) is 5.01. The summed E-state index contributed by atoms with van der Waals surface area (Å²) in [5, 5.41) is 4.70. The Hall–Kier alpha value is -0.820. The Morgan fingerprint density at radius 1 is 1.31 bits per heavy atom. The first-order chi connectivity index (χ1) is 7.47. The zero-order chi connectivity index (χ0) is 12.0. The Balaban J connectivity index is 2.09. The number of alkyl halides is 3. The molecule has 1 heterocycles. The molecule has 1 amide bonds. The van der Waals surface area contributed by atoms with E-state index in [-0.39, 0.29) is 12.6 Å². The average molecular weight is 240 g/mol. The van der Waals surface area contributed by atoms with E-state index in [1.54, 1.807) is 5.32 Å². The van der Waals surface area contributed by atoms with Gasteiger partial charge in [0, 0.05) is 19.3 Å². The maximum atomic E-state index is 11.8. The third kappa shape index (κ3) is 5.92. The number of halogens is 3. The van der Waals surface area contributed by atoms with Gasteiger partial charge in [0.1, 0.15) is 6.54 Å². The van der Waals surface area contributed by atoms with E-state index < -0.39 is 18.6 Å². The first-order valence-corrected chi connectivity index (χ1v) is 5.12. The predicted octanol–water partition coefficient (Wildman–Crippen LogP) is 0.433. The van der Waals surface area contributed by atoms with Crippen molar-refractivity contribution in [3.8, 4) is 0 Å². The number of nitrogens with one attached hydrogen (secondary N) is 2. The van der Waals surface area contributed by atoms with Gasteiger partial charge in [-0.15, -0.1) is 0 Å². The molecule has 1 aliphatic rings. The quantitative estimate of drug-likeness (QED) is 0.749. The molecule has 0 bridgehead atoms. The number of hydrogen-bond donors (Lipinski definition) is 2. The summed E-state index contributed by atoms with van der Waals surface area (Å²) in [6.45, 7) is -0.105. The summed E-state index contributed by atoms with van der Waals surface area (Å²) >= 11 is 0. The second-order valence-electron chi connectivity index (χ2n) is 3.66. The summed E-state index contributed by atoms with van der Waals surface area (Å²) in [5.74, 6) is -0.635. The minimum Gasteiger partial charge on any atom is -0.381 e. The highest BCUT2D eigenvalue weighted by Crippen LogP contribution is 2.12. The van der Waals surface area contributed by atoms with Gasteiger partial charge in [-0.05, 0) is 12.8 Å². The summed E-state index contributed by atoms with van der Waals surface area (Å²) in [4.78, 5) is 11.0. The van der Waals surface area contributed by atoms with Crippen LogP contribution in [0.4, 0.5) is 13.2 Å². The van der Waals surface area contributed by atoms with Gasteiger partial charge in [0.2, 0.25) is 5.91 Å². The van der Waals surface area contributed by atoms with E-state index in [4.69, 9.17) is 4.74 Å². The number of ether oxygens (including phenoxy) is 1. The van der Waals surface area contributed by atoms with E-state index in [0.717, 1.165) is 12.8 Å². The fraction of sp³-hybridized carbons (Fsp3) is 0.889. The molecule has 2 N–H and O–H groups in total. The van der Waals surface area contributed by atoms with Crippen LogP contribution in [0.5, 0.6) is 0 Å². The normalized spacial score (nSPS) is 18.4. The second-order valence-corrected chi connectivity index (χ2v) is 3.66. The second kappa shape index (κ2) is 6.05. The molecular weight excluding hydrogens is 225 g/mol. The standard InChI is InChI=1S/C9H15F3N2O2/c10-9(11,12)6-14-8(15)5-13-7-1-3-16-4-2-7/h7,13H,1-6H2,(H,14,15). The highest BCUT2D eigenvalue weighted by Gasteiger charge is 2.27. The molecule has 1 aliphatic heterocycles. The van der Waals surface area contributed by atoms with Crippen molar-refractivity contribution in [3.05, 3.63) is 0 Å². The van der Waals surface area contributed by atoms with Crippen LogP contribution in [0.2, 0.25) is 0 Å². The van der Waals surface area contributed by atoms with Crippen molar-refractivity contribution in [1.29, 1.82) is 0 Å². The molecule has 0 aromatic heterocycles. The van der Waals surface area contributed by atoms with Gasteiger partial charge in [-0.3, -0.25) is 4.79 Å². The van der Waals surface area contributed by atoms with Crippen molar-refractivity contribution < 1.29 is 22.7 Å². The van der Waals surface area contributed by atoms with Gasteiger partial charge in [0.05, 0.1) is 6.54 Å². The monoisotopic (exact) mass is 240 g/mol. The number of carbonyl (C=O) groups is 1. The summed E-state index contributed by atoms with van der Waals surface area (Å²) in [7, 11) is 0. The van der Waals surface area contributed by atoms with Gasteiger partial charge in [-0.1, -0.05) is 0 Å². The summed E-state index contributed by atoms with van der Waals surface area (Å²) in [6.07, 6.45) is -2.78. The molecule has 16 heavy (non-hydrogen) atoms. The molecule has 0 unspecified atom stereocenters. The number of rotatable bonds is 4. The molecule has 0 saturated carbocycles. The summed E-state index contributed by atoms with van der Waals surface area (Å²) in [6, 6.07) is 0.158. The molecule has 7 heteroatoms. The SMILES string of the molecule is O=C(CNC1CCOCC1)NCC(F)(F)F. The molecule has 0 aliphatic carbocycles. The lowest BCUT2D eigenvalue weighted by atomic mass is 10.1. The van der Waals surface area contributed by atoms with Crippen molar-refractivity contribution in [2.75, 3.05) is 26.3 Å². The van der Waals surface area contributed by atoms with Crippen molar-refractivity contribution in [2.24, 2.45) is 0 Å². The van der Waals surface area contributed by atoms with E-state index in [9.17, 15) is 18.0 Å². The van der Waals surface area contributed by atoms with Gasteiger partial charge in [0.25, 0.3) is 0 Å². The summed E-state index contributed by atoms with van der Waals surface area (Å²) in [5.41, 5.74) is 0. The lowest BCUT2D eigenvalue weighted by Gasteiger charge is -2.22. The molecule has 0 spiro atoms. The third-order valence-corrected chi connectivity index (χ3v) is 2.26. The van der Waals surface area contributed by atoms with E-state index in [1.807, 2.05) is 0 Å². The van der Waals surface area contributed by atoms with E-state index >= 15 is 0 Å². The molecule has 0 radical (unpaired) electrons. The van der Waals surface area contributed by atoms with E-state index in [0.29, 0.717) is 13.2 Å². The topological polar surface area (TPSA) is 50.4 Å². The van der Waals surface area contributed by atoms with Gasteiger partial charge >= 0.3 is 6.18 Å². The molecule has 0 aromatic rings. The zero-order valence-electron chi connectivity index (χ0n) is 8.77. The van der Waals surface area contributed by atoms with Crippen LogP contribution >= 0.6 is 0 Å². The van der Waals surface area contributed by atoms with Gasteiger partial charge < -0.3 is 15.4 Å². The Labute approximate surface area is 91.5 Å². The van der Waals surface area contributed by atoms with Crippen LogP contribution < -0.4 is 10.6 Å². The smallest absolute Gasteiger partial charge is 0.381 e. The molecule has 1 fully saturated rings. The Bertz CT molecular complexity index is 227. The van der Waals surface area contributed by atoms with E-state index in [1.165, 1.54) is 0 Å². The molecule has 4 nitrogen and oxygen atoms in total. The molecule has 0 aromatic carbocycles. The minimum absolute atomic E-state index is 0.0826. The lowest BCUT2D eigenvalue weighted by Crippen LogP contribution is -2.43. The van der Waals surface area contributed by atoms with Crippen LogP contribution in [0.25, 0.3) is 0 Å². The van der Waals surface area contributed by atoms with Crippen LogP contribution in [0.3, 0.4) is 0 Å². The molecular formula is C9H15F3N2O2. The van der Waals surface area contributed by atoms with Gasteiger partial charge in [-0.25, -0.2) is 0 Å². The minimum atomic E-state index is -4.35. The lowest BCUT2D eigenvalue weighted by molar-refractivity contribution is -0.138. The highest BCUT2D eigenvalue weighted by molar-refractivity contribution is 5.78. The Morgan fingerprint density at radius 2 is 1.94 bits per heavy atom. The number of hydrogen-bond acceptors (Lipinski definition) is 3. The van der Waals surface area contributed by atoms with Crippen molar-refractivity contribution in [3.63, 3.8) is 0 Å². The fourth-order valence-electron chi connectivity index (χ4n) is 1.40. The highest BCUT2D eigenvalue weighted by atomic mass is 19.4. The first-order valence-electron chi connectivity index (χ1n) is 5.12. The number of amides is 1. The van der Waals surface area contributed by atoms with Gasteiger partial charge in [-0.2, -0.15) is 13.2 Å². The van der Waals surface area contributed by atoms with Crippen molar-refractivity contribution in [2.45, 2.75) is 25.1 Å². The van der Waals surface area contributed by atoms with Gasteiger partial charge in [0.15, 0.2) is 0 Å².